The van der Waals surface area contributed by atoms with E-state index >= 15 is 0 Å². The maximum atomic E-state index is 14.4. The normalized spacial score (nSPS) is 13.4. The highest BCUT2D eigenvalue weighted by Crippen LogP contribution is 2.28. The fraction of sp³-hybridized carbons (Fsp3) is 0.269. The number of fused-ring (bicyclic) bond motifs is 1. The molecule has 0 bridgehead atoms. The highest BCUT2D eigenvalue weighted by atomic mass is 19.1. The molecule has 0 atom stereocenters. The van der Waals surface area contributed by atoms with Gasteiger partial charge in [-0.1, -0.05) is 30.3 Å². The van der Waals surface area contributed by atoms with Gasteiger partial charge in [-0.05, 0) is 67.9 Å². The van der Waals surface area contributed by atoms with E-state index in [2.05, 4.69) is 22.0 Å². The maximum absolute atomic E-state index is 14.4. The zero-order valence-electron chi connectivity index (χ0n) is 19.0. The molecule has 2 aromatic heterocycles. The molecule has 168 valence electrons. The predicted molar refractivity (Wildman–Crippen MR) is 125 cm³/mol. The molecule has 4 aromatic rings. The van der Waals surface area contributed by atoms with E-state index in [1.807, 2.05) is 44.6 Å². The Labute approximate surface area is 192 Å². The number of halogens is 1. The van der Waals surface area contributed by atoms with Gasteiger partial charge in [-0.2, -0.15) is 0 Å². The zero-order valence-corrected chi connectivity index (χ0v) is 19.0. The van der Waals surface area contributed by atoms with Crippen molar-refractivity contribution >= 4 is 0 Å². The molecule has 1 aliphatic rings. The van der Waals surface area contributed by atoms with Crippen LogP contribution in [0.4, 0.5) is 4.39 Å². The van der Waals surface area contributed by atoms with E-state index in [0.717, 1.165) is 24.1 Å². The van der Waals surface area contributed by atoms with E-state index in [0.29, 0.717) is 41.8 Å². The average molecular weight is 444 g/mol. The van der Waals surface area contributed by atoms with Crippen molar-refractivity contribution in [2.24, 2.45) is 0 Å². The summed E-state index contributed by atoms with van der Waals surface area (Å²) in [5.41, 5.74) is 6.31. The molecule has 0 saturated heterocycles. The minimum absolute atomic E-state index is 0.279. The second-order valence-corrected chi connectivity index (χ2v) is 8.68. The Morgan fingerprint density at radius 2 is 1.88 bits per heavy atom. The highest BCUT2D eigenvalue weighted by Gasteiger charge is 2.19. The van der Waals surface area contributed by atoms with Gasteiger partial charge in [-0.3, -0.25) is 4.98 Å². The molecule has 5 rings (SSSR count). The average Bonchev–Trinajstić information content (AvgIpc) is 3.26. The minimum Gasteiger partial charge on any atom is -0.376 e. The SMILES string of the molecule is Cc1ccc(-n2nc(-c3ccc(CN(C)C)cc3)nc2-c2cc3c(cn2)COCC3)cc1F. The van der Waals surface area contributed by atoms with Gasteiger partial charge >= 0.3 is 0 Å². The van der Waals surface area contributed by atoms with E-state index < -0.39 is 0 Å². The van der Waals surface area contributed by atoms with Gasteiger partial charge in [-0.25, -0.2) is 14.1 Å². The molecule has 0 radical (unpaired) electrons. The van der Waals surface area contributed by atoms with Crippen molar-refractivity contribution in [2.45, 2.75) is 26.5 Å². The first-order chi connectivity index (χ1) is 16.0. The summed E-state index contributed by atoms with van der Waals surface area (Å²) >= 11 is 0. The van der Waals surface area contributed by atoms with Gasteiger partial charge in [0.15, 0.2) is 11.6 Å². The molecule has 1 aliphatic heterocycles. The largest absolute Gasteiger partial charge is 0.376 e. The summed E-state index contributed by atoms with van der Waals surface area (Å²) in [7, 11) is 4.09. The summed E-state index contributed by atoms with van der Waals surface area (Å²) in [6.45, 7) is 3.87. The van der Waals surface area contributed by atoms with Crippen molar-refractivity contribution in [1.82, 2.24) is 24.6 Å². The molecule has 6 nitrogen and oxygen atoms in total. The standard InChI is InChI=1S/C26H26FN5O/c1-17-4-9-22(13-23(17)27)32-26(24-12-20-10-11-33-16-21(20)14-28-24)29-25(30-32)19-7-5-18(6-8-19)15-31(2)3/h4-9,12-14H,10-11,15-16H2,1-3H3. The Balaban J connectivity index is 1.61. The van der Waals surface area contributed by atoms with Crippen molar-refractivity contribution in [2.75, 3.05) is 20.7 Å². The molecule has 2 aromatic carbocycles. The Morgan fingerprint density at radius 3 is 2.64 bits per heavy atom. The van der Waals surface area contributed by atoms with E-state index in [-0.39, 0.29) is 5.82 Å². The monoisotopic (exact) mass is 443 g/mol. The maximum Gasteiger partial charge on any atom is 0.182 e. The predicted octanol–water partition coefficient (Wildman–Crippen LogP) is 4.58. The van der Waals surface area contributed by atoms with Crippen LogP contribution in [-0.4, -0.2) is 45.4 Å². The van der Waals surface area contributed by atoms with Crippen LogP contribution in [0.25, 0.3) is 28.6 Å². The summed E-state index contributed by atoms with van der Waals surface area (Å²) in [4.78, 5) is 11.6. The van der Waals surface area contributed by atoms with Crippen LogP contribution < -0.4 is 0 Å². The number of pyridine rings is 1. The number of hydrogen-bond donors (Lipinski definition) is 0. The fourth-order valence-corrected chi connectivity index (χ4v) is 3.99. The first kappa shape index (κ1) is 21.4. The van der Waals surface area contributed by atoms with Crippen LogP contribution in [0.5, 0.6) is 0 Å². The van der Waals surface area contributed by atoms with Gasteiger partial charge < -0.3 is 9.64 Å². The van der Waals surface area contributed by atoms with Gasteiger partial charge in [0.1, 0.15) is 11.5 Å². The van der Waals surface area contributed by atoms with Gasteiger partial charge in [0.25, 0.3) is 0 Å². The Morgan fingerprint density at radius 1 is 1.06 bits per heavy atom. The minimum atomic E-state index is -0.279. The lowest BCUT2D eigenvalue weighted by Gasteiger charge is -2.16. The van der Waals surface area contributed by atoms with Crippen LogP contribution >= 0.6 is 0 Å². The lowest BCUT2D eigenvalue weighted by Crippen LogP contribution is -2.11. The third kappa shape index (κ3) is 4.42. The van der Waals surface area contributed by atoms with E-state index in [1.165, 1.54) is 17.2 Å². The van der Waals surface area contributed by atoms with E-state index in [1.54, 1.807) is 17.7 Å². The lowest BCUT2D eigenvalue weighted by molar-refractivity contribution is 0.110. The molecule has 33 heavy (non-hydrogen) atoms. The quantitative estimate of drug-likeness (QED) is 0.452. The molecule has 0 amide bonds. The van der Waals surface area contributed by atoms with Crippen LogP contribution in [-0.2, 0) is 24.3 Å². The molecule has 3 heterocycles. The van der Waals surface area contributed by atoms with Gasteiger partial charge in [-0.15, -0.1) is 5.10 Å². The van der Waals surface area contributed by atoms with Crippen molar-refractivity contribution in [3.05, 3.63) is 82.8 Å². The molecule has 0 spiro atoms. The number of benzene rings is 2. The van der Waals surface area contributed by atoms with Gasteiger partial charge in [0, 0.05) is 18.3 Å². The number of hydrogen-bond acceptors (Lipinski definition) is 5. The second kappa shape index (κ2) is 8.84. The molecular weight excluding hydrogens is 417 g/mol. The van der Waals surface area contributed by atoms with Crippen molar-refractivity contribution in [3.63, 3.8) is 0 Å². The number of aromatic nitrogens is 4. The van der Waals surface area contributed by atoms with Crippen LogP contribution in [0.15, 0.2) is 54.7 Å². The number of aryl methyl sites for hydroxylation is 1. The third-order valence-electron chi connectivity index (χ3n) is 5.80. The van der Waals surface area contributed by atoms with E-state index in [9.17, 15) is 4.39 Å². The second-order valence-electron chi connectivity index (χ2n) is 8.68. The van der Waals surface area contributed by atoms with Gasteiger partial charge in [0.05, 0.1) is 18.9 Å². The van der Waals surface area contributed by atoms with Crippen LogP contribution in [0.1, 0.15) is 22.3 Å². The molecule has 0 fully saturated rings. The zero-order chi connectivity index (χ0) is 22.9. The molecule has 0 aliphatic carbocycles. The Kier molecular flexibility index (Phi) is 5.74. The lowest BCUT2D eigenvalue weighted by atomic mass is 10.0. The summed E-state index contributed by atoms with van der Waals surface area (Å²) in [6.07, 6.45) is 2.67. The third-order valence-corrected chi connectivity index (χ3v) is 5.80. The first-order valence-electron chi connectivity index (χ1n) is 11.0. The number of ether oxygens (including phenoxy) is 1. The van der Waals surface area contributed by atoms with Crippen LogP contribution in [0, 0.1) is 12.7 Å². The summed E-state index contributed by atoms with van der Waals surface area (Å²) in [6, 6.07) is 15.4. The van der Waals surface area contributed by atoms with E-state index in [4.69, 9.17) is 14.8 Å². The van der Waals surface area contributed by atoms with Crippen molar-refractivity contribution < 1.29 is 9.13 Å². The molecule has 0 N–H and O–H groups in total. The van der Waals surface area contributed by atoms with Crippen molar-refractivity contribution in [3.8, 4) is 28.6 Å². The van der Waals surface area contributed by atoms with Crippen LogP contribution in [0.2, 0.25) is 0 Å². The molecule has 7 heteroatoms. The topological polar surface area (TPSA) is 56.1 Å². The van der Waals surface area contributed by atoms with Gasteiger partial charge in [0.2, 0.25) is 0 Å². The Bertz CT molecular complexity index is 1300. The molecule has 0 saturated carbocycles. The van der Waals surface area contributed by atoms with Crippen molar-refractivity contribution in [1.29, 1.82) is 0 Å². The molecular formula is C26H26FN5O. The fourth-order valence-electron chi connectivity index (χ4n) is 3.99. The Hall–Kier alpha value is -3.42. The number of nitrogens with zero attached hydrogens (tertiary/aromatic N) is 5. The molecule has 0 unspecified atom stereocenters. The highest BCUT2D eigenvalue weighted by molar-refractivity contribution is 5.62. The number of rotatable bonds is 5. The van der Waals surface area contributed by atoms with Crippen LogP contribution in [0.3, 0.4) is 0 Å². The summed E-state index contributed by atoms with van der Waals surface area (Å²) < 4.78 is 21.6. The smallest absolute Gasteiger partial charge is 0.182 e. The first-order valence-corrected chi connectivity index (χ1v) is 11.0. The summed E-state index contributed by atoms with van der Waals surface area (Å²) in [5, 5.41) is 4.76. The summed E-state index contributed by atoms with van der Waals surface area (Å²) in [5.74, 6) is 0.879.